The van der Waals surface area contributed by atoms with Crippen LogP contribution in [-0.2, 0) is 11.3 Å². The number of nitrogens with one attached hydrogen (secondary N) is 1. The summed E-state index contributed by atoms with van der Waals surface area (Å²) < 4.78 is 11.4. The third-order valence-corrected chi connectivity index (χ3v) is 2.97. The molecular formula is C14H12N2O2S. The number of para-hydroxylation sites is 1. The quantitative estimate of drug-likeness (QED) is 0.739. The Labute approximate surface area is 115 Å². The second-order valence-corrected chi connectivity index (χ2v) is 4.59. The minimum Gasteiger partial charge on any atom is -0.453 e. The smallest absolute Gasteiger partial charge is 0.175 e. The maximum absolute atomic E-state index is 5.76. The van der Waals surface area contributed by atoms with Crippen LogP contribution in [0.5, 0.6) is 0 Å². The van der Waals surface area contributed by atoms with Crippen molar-refractivity contribution in [2.75, 3.05) is 7.11 Å². The van der Waals surface area contributed by atoms with E-state index in [0.717, 1.165) is 16.7 Å². The number of hydrogen-bond acceptors (Lipinski definition) is 4. The number of methoxy groups -OCH3 is 1. The fourth-order valence-corrected chi connectivity index (χ4v) is 2.19. The summed E-state index contributed by atoms with van der Waals surface area (Å²) in [5, 5.41) is 1.04. The summed E-state index contributed by atoms with van der Waals surface area (Å²) >= 11 is 5.15. The predicted molar refractivity (Wildman–Crippen MR) is 75.3 cm³/mol. The highest BCUT2D eigenvalue weighted by molar-refractivity contribution is 7.71. The molecule has 0 amide bonds. The lowest BCUT2D eigenvalue weighted by atomic mass is 10.2. The van der Waals surface area contributed by atoms with E-state index in [-0.39, 0.29) is 0 Å². The van der Waals surface area contributed by atoms with E-state index in [0.29, 0.717) is 22.8 Å². The van der Waals surface area contributed by atoms with Crippen LogP contribution in [0.3, 0.4) is 0 Å². The first kappa shape index (κ1) is 12.1. The fraction of sp³-hybridized carbons (Fsp3) is 0.143. The van der Waals surface area contributed by atoms with Crippen molar-refractivity contribution >= 4 is 23.2 Å². The number of rotatable bonds is 3. The molecule has 0 aliphatic heterocycles. The van der Waals surface area contributed by atoms with E-state index in [9.17, 15) is 0 Å². The van der Waals surface area contributed by atoms with Crippen LogP contribution in [0.15, 0.2) is 40.8 Å². The average Bonchev–Trinajstić information content (AvgIpc) is 2.82. The maximum Gasteiger partial charge on any atom is 0.175 e. The van der Waals surface area contributed by atoms with Gasteiger partial charge in [-0.2, -0.15) is 0 Å². The largest absolute Gasteiger partial charge is 0.453 e. The Morgan fingerprint density at radius 3 is 2.95 bits per heavy atom. The molecule has 0 radical (unpaired) electrons. The molecule has 0 bridgehead atoms. The van der Waals surface area contributed by atoms with Crippen molar-refractivity contribution < 1.29 is 9.15 Å². The zero-order chi connectivity index (χ0) is 13.2. The fourth-order valence-electron chi connectivity index (χ4n) is 1.96. The van der Waals surface area contributed by atoms with Gasteiger partial charge in [0.25, 0.3) is 0 Å². The number of H-pyrrole nitrogens is 1. The molecule has 0 atom stereocenters. The summed E-state index contributed by atoms with van der Waals surface area (Å²) in [6.45, 7) is 0.458. The van der Waals surface area contributed by atoms with Crippen molar-refractivity contribution in [3.05, 3.63) is 46.7 Å². The Hall–Kier alpha value is -1.98. The molecule has 4 nitrogen and oxygen atoms in total. The van der Waals surface area contributed by atoms with Gasteiger partial charge < -0.3 is 14.1 Å². The molecule has 96 valence electrons. The summed E-state index contributed by atoms with van der Waals surface area (Å²) in [5.41, 5.74) is 1.70. The Morgan fingerprint density at radius 2 is 2.16 bits per heavy atom. The molecule has 19 heavy (non-hydrogen) atoms. The molecule has 0 fully saturated rings. The summed E-state index contributed by atoms with van der Waals surface area (Å²) in [6.07, 6.45) is 0. The second kappa shape index (κ2) is 4.95. The SMILES string of the molecule is COCc1cc(=S)nc(-c2cc3ccccc3o2)[nH]1. The van der Waals surface area contributed by atoms with Gasteiger partial charge in [-0.05, 0) is 18.2 Å². The van der Waals surface area contributed by atoms with Crippen molar-refractivity contribution in [3.63, 3.8) is 0 Å². The van der Waals surface area contributed by atoms with Gasteiger partial charge in [-0.1, -0.05) is 30.4 Å². The minimum absolute atomic E-state index is 0.458. The lowest BCUT2D eigenvalue weighted by Crippen LogP contribution is -1.96. The molecular weight excluding hydrogens is 260 g/mol. The Morgan fingerprint density at radius 1 is 1.32 bits per heavy atom. The number of ether oxygens (including phenoxy) is 1. The first-order valence-corrected chi connectivity index (χ1v) is 6.25. The average molecular weight is 272 g/mol. The van der Waals surface area contributed by atoms with Crippen LogP contribution in [0.2, 0.25) is 0 Å². The van der Waals surface area contributed by atoms with Crippen molar-refractivity contribution in [2.45, 2.75) is 6.61 Å². The molecule has 0 aliphatic rings. The van der Waals surface area contributed by atoms with Gasteiger partial charge in [-0.15, -0.1) is 0 Å². The maximum atomic E-state index is 5.76. The number of furan rings is 1. The molecule has 0 unspecified atom stereocenters. The minimum atomic E-state index is 0.458. The van der Waals surface area contributed by atoms with Crippen molar-refractivity contribution in [3.8, 4) is 11.6 Å². The van der Waals surface area contributed by atoms with Crippen LogP contribution in [0.4, 0.5) is 0 Å². The Bertz CT molecular complexity index is 743. The Kier molecular flexibility index (Phi) is 3.15. The molecule has 2 heterocycles. The van der Waals surface area contributed by atoms with Gasteiger partial charge in [0.05, 0.1) is 6.61 Å². The molecule has 0 spiro atoms. The number of nitrogens with zero attached hydrogens (tertiary/aromatic N) is 1. The van der Waals surface area contributed by atoms with Crippen molar-refractivity contribution in [2.24, 2.45) is 0 Å². The van der Waals surface area contributed by atoms with Gasteiger partial charge in [-0.25, -0.2) is 4.98 Å². The molecule has 3 aromatic rings. The number of aromatic nitrogens is 2. The third kappa shape index (κ3) is 2.43. The molecule has 3 rings (SSSR count). The number of benzene rings is 1. The highest BCUT2D eigenvalue weighted by atomic mass is 32.1. The van der Waals surface area contributed by atoms with E-state index in [1.165, 1.54) is 0 Å². The zero-order valence-electron chi connectivity index (χ0n) is 10.3. The lowest BCUT2D eigenvalue weighted by Gasteiger charge is -2.02. The van der Waals surface area contributed by atoms with E-state index in [2.05, 4.69) is 9.97 Å². The molecule has 0 aliphatic carbocycles. The summed E-state index contributed by atoms with van der Waals surface area (Å²) in [4.78, 5) is 7.46. The third-order valence-electron chi connectivity index (χ3n) is 2.76. The van der Waals surface area contributed by atoms with Crippen LogP contribution in [0.1, 0.15) is 5.69 Å². The van der Waals surface area contributed by atoms with E-state index in [1.807, 2.05) is 30.3 Å². The van der Waals surface area contributed by atoms with E-state index in [4.69, 9.17) is 21.4 Å². The van der Waals surface area contributed by atoms with Gasteiger partial charge in [0, 0.05) is 18.2 Å². The van der Waals surface area contributed by atoms with Crippen LogP contribution in [0, 0.1) is 4.64 Å². The monoisotopic (exact) mass is 272 g/mol. The van der Waals surface area contributed by atoms with Gasteiger partial charge in [0.1, 0.15) is 10.2 Å². The highest BCUT2D eigenvalue weighted by Crippen LogP contribution is 2.25. The van der Waals surface area contributed by atoms with Crippen molar-refractivity contribution in [1.82, 2.24) is 9.97 Å². The van der Waals surface area contributed by atoms with Gasteiger partial charge in [-0.3, -0.25) is 0 Å². The van der Waals surface area contributed by atoms with Crippen LogP contribution < -0.4 is 0 Å². The predicted octanol–water partition coefficient (Wildman–Crippen LogP) is 3.70. The van der Waals surface area contributed by atoms with E-state index >= 15 is 0 Å². The number of aromatic amines is 1. The first-order chi connectivity index (χ1) is 9.26. The molecule has 0 saturated carbocycles. The molecule has 1 aromatic carbocycles. The van der Waals surface area contributed by atoms with Gasteiger partial charge >= 0.3 is 0 Å². The molecule has 0 saturated heterocycles. The Balaban J connectivity index is 2.12. The first-order valence-electron chi connectivity index (χ1n) is 5.84. The topological polar surface area (TPSA) is 51.1 Å². The highest BCUT2D eigenvalue weighted by Gasteiger charge is 2.08. The van der Waals surface area contributed by atoms with E-state index in [1.54, 1.807) is 13.2 Å². The zero-order valence-corrected chi connectivity index (χ0v) is 11.2. The van der Waals surface area contributed by atoms with Crippen LogP contribution in [-0.4, -0.2) is 17.1 Å². The second-order valence-electron chi connectivity index (χ2n) is 4.17. The van der Waals surface area contributed by atoms with Crippen LogP contribution in [0.25, 0.3) is 22.6 Å². The van der Waals surface area contributed by atoms with Crippen LogP contribution >= 0.6 is 12.2 Å². The summed E-state index contributed by atoms with van der Waals surface area (Å²) in [5.74, 6) is 1.29. The molecule has 2 aromatic heterocycles. The molecule has 5 heteroatoms. The number of fused-ring (bicyclic) bond motifs is 1. The summed E-state index contributed by atoms with van der Waals surface area (Å²) in [6, 6.07) is 11.6. The van der Waals surface area contributed by atoms with Gasteiger partial charge in [0.15, 0.2) is 11.6 Å². The van der Waals surface area contributed by atoms with Crippen molar-refractivity contribution in [1.29, 1.82) is 0 Å². The standard InChI is InChI=1S/C14H12N2O2S/c1-17-8-10-7-13(19)16-14(15-10)12-6-9-4-2-3-5-11(9)18-12/h2-7H,8H2,1H3,(H,15,16,19). The normalized spacial score (nSPS) is 11.0. The van der Waals surface area contributed by atoms with Gasteiger partial charge in [0.2, 0.25) is 0 Å². The number of hydrogen-bond donors (Lipinski definition) is 1. The lowest BCUT2D eigenvalue weighted by molar-refractivity contribution is 0.181. The molecule has 1 N–H and O–H groups in total. The van der Waals surface area contributed by atoms with E-state index < -0.39 is 0 Å². The summed E-state index contributed by atoms with van der Waals surface area (Å²) in [7, 11) is 1.64.